The summed E-state index contributed by atoms with van der Waals surface area (Å²) in [6.07, 6.45) is 1.92. The van der Waals surface area contributed by atoms with Crippen LogP contribution in [0.3, 0.4) is 0 Å². The lowest BCUT2D eigenvalue weighted by molar-refractivity contribution is 0.0499. The zero-order chi connectivity index (χ0) is 15.4. The molecule has 0 aliphatic carbocycles. The number of carbonyl (C=O) groups excluding carboxylic acids is 1. The van der Waals surface area contributed by atoms with Crippen LogP contribution in [0.4, 0.5) is 0 Å². The van der Waals surface area contributed by atoms with Crippen molar-refractivity contribution in [2.24, 2.45) is 0 Å². The zero-order valence-corrected chi connectivity index (χ0v) is 15.2. The Balaban J connectivity index is 1.75. The molecule has 1 fully saturated rings. The van der Waals surface area contributed by atoms with Crippen LogP contribution in [-0.2, 0) is 10.2 Å². The summed E-state index contributed by atoms with van der Waals surface area (Å²) >= 11 is 3.98. The topological polar surface area (TPSA) is 38.3 Å². The molecule has 1 aliphatic heterocycles. The van der Waals surface area contributed by atoms with Crippen molar-refractivity contribution in [2.75, 3.05) is 19.8 Å². The van der Waals surface area contributed by atoms with Crippen molar-refractivity contribution in [3.63, 3.8) is 0 Å². The summed E-state index contributed by atoms with van der Waals surface area (Å²) < 4.78 is 6.51. The lowest BCUT2D eigenvalue weighted by Crippen LogP contribution is -2.44. The predicted octanol–water partition coefficient (Wildman–Crippen LogP) is 3.83. The number of ether oxygens (including phenoxy) is 1. The minimum Gasteiger partial charge on any atom is -0.381 e. The van der Waals surface area contributed by atoms with Crippen molar-refractivity contribution in [1.82, 2.24) is 5.32 Å². The molecule has 5 heteroatoms. The van der Waals surface area contributed by atoms with Gasteiger partial charge in [-0.3, -0.25) is 4.79 Å². The fraction of sp³-hybridized carbons (Fsp3) is 0.353. The van der Waals surface area contributed by atoms with Crippen molar-refractivity contribution >= 4 is 39.8 Å². The second-order valence-corrected chi connectivity index (χ2v) is 7.64. The van der Waals surface area contributed by atoms with Gasteiger partial charge < -0.3 is 10.1 Å². The molecule has 116 valence electrons. The Morgan fingerprint density at radius 3 is 2.68 bits per heavy atom. The van der Waals surface area contributed by atoms with Crippen LogP contribution < -0.4 is 5.32 Å². The summed E-state index contributed by atoms with van der Waals surface area (Å²) in [5.74, 6) is 0.00687. The lowest BCUT2D eigenvalue weighted by atomic mass is 9.78. The third-order valence-corrected chi connectivity index (χ3v) is 6.26. The maximum Gasteiger partial charge on any atom is 0.252 e. The largest absolute Gasteiger partial charge is 0.381 e. The van der Waals surface area contributed by atoms with Crippen LogP contribution in [0.15, 0.2) is 41.8 Å². The Kier molecular flexibility index (Phi) is 5.15. The van der Waals surface area contributed by atoms with E-state index < -0.39 is 0 Å². The molecule has 1 aromatic carbocycles. The lowest BCUT2D eigenvalue weighted by Gasteiger charge is -2.36. The maximum atomic E-state index is 12.5. The second-order valence-electron chi connectivity index (χ2n) is 5.53. The Bertz CT molecular complexity index is 636. The summed E-state index contributed by atoms with van der Waals surface area (Å²) in [5.41, 5.74) is 0.763. The number of hydrogen-bond acceptors (Lipinski definition) is 3. The average molecular weight is 427 g/mol. The molecule has 2 heterocycles. The van der Waals surface area contributed by atoms with Crippen molar-refractivity contribution < 1.29 is 9.53 Å². The Hall–Kier alpha value is -0.920. The molecule has 3 nitrogen and oxygen atoms in total. The van der Waals surface area contributed by atoms with E-state index in [0.29, 0.717) is 6.54 Å². The molecule has 0 bridgehead atoms. The highest BCUT2D eigenvalue weighted by Crippen LogP contribution is 2.37. The summed E-state index contributed by atoms with van der Waals surface area (Å²) in [6.45, 7) is 2.19. The monoisotopic (exact) mass is 427 g/mol. The van der Waals surface area contributed by atoms with Crippen molar-refractivity contribution in [3.05, 3.63) is 55.8 Å². The van der Waals surface area contributed by atoms with E-state index in [1.807, 2.05) is 24.3 Å². The Labute approximate surface area is 148 Å². The van der Waals surface area contributed by atoms with Crippen LogP contribution in [0.1, 0.15) is 28.1 Å². The van der Waals surface area contributed by atoms with Crippen molar-refractivity contribution in [2.45, 2.75) is 18.3 Å². The summed E-state index contributed by atoms with van der Waals surface area (Å²) in [5, 5.41) is 5.25. The van der Waals surface area contributed by atoms with Crippen LogP contribution in [0.5, 0.6) is 0 Å². The highest BCUT2D eigenvalue weighted by atomic mass is 127. The predicted molar refractivity (Wildman–Crippen MR) is 97.5 cm³/mol. The standard InChI is InChI=1S/C17H18INO2S/c18-14-5-2-1-4-13(14)16(20)19-12-17(7-9-21-10-8-17)15-6-3-11-22-15/h1-6,11H,7-10,12H2,(H,19,20). The fourth-order valence-electron chi connectivity index (χ4n) is 2.84. The number of halogens is 1. The molecule has 22 heavy (non-hydrogen) atoms. The molecule has 3 rings (SSSR count). The van der Waals surface area contributed by atoms with E-state index in [1.165, 1.54) is 4.88 Å². The molecule has 1 aliphatic rings. The average Bonchev–Trinajstić information content (AvgIpc) is 3.09. The highest BCUT2D eigenvalue weighted by Gasteiger charge is 2.35. The van der Waals surface area contributed by atoms with Gasteiger partial charge in [0.15, 0.2) is 0 Å². The number of nitrogens with one attached hydrogen (secondary N) is 1. The fourth-order valence-corrected chi connectivity index (χ4v) is 4.46. The molecule has 1 N–H and O–H groups in total. The van der Waals surface area contributed by atoms with Gasteiger partial charge in [-0.05, 0) is 59.0 Å². The van der Waals surface area contributed by atoms with Crippen LogP contribution in [-0.4, -0.2) is 25.7 Å². The second kappa shape index (κ2) is 7.10. The maximum absolute atomic E-state index is 12.5. The van der Waals surface area contributed by atoms with Crippen LogP contribution in [0, 0.1) is 3.57 Å². The number of amides is 1. The third kappa shape index (κ3) is 3.36. The van der Waals surface area contributed by atoms with Gasteiger partial charge in [0.25, 0.3) is 5.91 Å². The molecule has 2 aromatic rings. The van der Waals surface area contributed by atoms with Gasteiger partial charge in [-0.15, -0.1) is 11.3 Å². The van der Waals surface area contributed by atoms with E-state index in [4.69, 9.17) is 4.74 Å². The van der Waals surface area contributed by atoms with Crippen molar-refractivity contribution in [3.8, 4) is 0 Å². The van der Waals surface area contributed by atoms with Gasteiger partial charge in [0.2, 0.25) is 0 Å². The van der Waals surface area contributed by atoms with E-state index in [2.05, 4.69) is 45.4 Å². The summed E-state index contributed by atoms with van der Waals surface area (Å²) in [7, 11) is 0. The normalized spacial score (nSPS) is 17.1. The van der Waals surface area contributed by atoms with Gasteiger partial charge in [-0.1, -0.05) is 18.2 Å². The minimum absolute atomic E-state index is 0.00687. The first kappa shape index (κ1) is 16.0. The SMILES string of the molecule is O=C(NCC1(c2cccs2)CCOCC1)c1ccccc1I. The minimum atomic E-state index is 0.00687. The number of carbonyl (C=O) groups is 1. The first-order valence-corrected chi connectivity index (χ1v) is 9.32. The van der Waals surface area contributed by atoms with E-state index in [9.17, 15) is 4.79 Å². The van der Waals surface area contributed by atoms with Crippen LogP contribution >= 0.6 is 33.9 Å². The zero-order valence-electron chi connectivity index (χ0n) is 12.2. The molecule has 1 amide bonds. The van der Waals surface area contributed by atoms with Gasteiger partial charge >= 0.3 is 0 Å². The van der Waals surface area contributed by atoms with E-state index in [1.54, 1.807) is 11.3 Å². The number of benzene rings is 1. The van der Waals surface area contributed by atoms with E-state index >= 15 is 0 Å². The third-order valence-electron chi connectivity index (χ3n) is 4.20. The number of thiophene rings is 1. The Morgan fingerprint density at radius 1 is 1.23 bits per heavy atom. The molecular formula is C17H18INO2S. The van der Waals surface area contributed by atoms with Gasteiger partial charge in [0, 0.05) is 33.6 Å². The quantitative estimate of drug-likeness (QED) is 0.754. The van der Waals surface area contributed by atoms with Gasteiger partial charge in [0.1, 0.15) is 0 Å². The molecule has 0 atom stereocenters. The number of rotatable bonds is 4. The smallest absolute Gasteiger partial charge is 0.252 e. The van der Waals surface area contributed by atoms with Gasteiger partial charge in [-0.25, -0.2) is 0 Å². The van der Waals surface area contributed by atoms with E-state index in [-0.39, 0.29) is 11.3 Å². The molecule has 1 aromatic heterocycles. The van der Waals surface area contributed by atoms with Crippen molar-refractivity contribution in [1.29, 1.82) is 0 Å². The summed E-state index contributed by atoms with van der Waals surface area (Å²) in [6, 6.07) is 11.9. The van der Waals surface area contributed by atoms with Crippen LogP contribution in [0.25, 0.3) is 0 Å². The Morgan fingerprint density at radius 2 is 2.00 bits per heavy atom. The van der Waals surface area contributed by atoms with E-state index in [0.717, 1.165) is 35.2 Å². The summed E-state index contributed by atoms with van der Waals surface area (Å²) in [4.78, 5) is 13.8. The molecule has 0 unspecified atom stereocenters. The highest BCUT2D eigenvalue weighted by molar-refractivity contribution is 14.1. The van der Waals surface area contributed by atoms with Gasteiger partial charge in [0.05, 0.1) is 5.56 Å². The molecule has 0 spiro atoms. The number of hydrogen-bond donors (Lipinski definition) is 1. The molecule has 0 radical (unpaired) electrons. The molecule has 1 saturated heterocycles. The molecular weight excluding hydrogens is 409 g/mol. The van der Waals surface area contributed by atoms with Gasteiger partial charge in [-0.2, -0.15) is 0 Å². The first-order chi connectivity index (χ1) is 10.7. The molecule has 0 saturated carbocycles. The first-order valence-electron chi connectivity index (χ1n) is 7.36. The van der Waals surface area contributed by atoms with Crippen LogP contribution in [0.2, 0.25) is 0 Å².